The van der Waals surface area contributed by atoms with Crippen LogP contribution in [-0.4, -0.2) is 11.7 Å². The molecule has 3 nitrogen and oxygen atoms in total. The monoisotopic (exact) mass is 261 g/mol. The molecule has 2 aromatic carbocycles. The molecule has 19 heavy (non-hydrogen) atoms. The molecule has 1 N–H and O–H groups in total. The predicted octanol–water partition coefficient (Wildman–Crippen LogP) is 2.79. The molecular formula is C14H9F2NO2. The Balaban J connectivity index is 2.14. The first kappa shape index (κ1) is 12.9. The summed E-state index contributed by atoms with van der Waals surface area (Å²) in [5.74, 6) is -2.98. The van der Waals surface area contributed by atoms with Crippen LogP contribution in [0.4, 0.5) is 14.5 Å². The summed E-state index contributed by atoms with van der Waals surface area (Å²) in [6.45, 7) is 0. The normalized spacial score (nSPS) is 10.0. The van der Waals surface area contributed by atoms with Crippen molar-refractivity contribution in [3.05, 3.63) is 65.7 Å². The molecule has 0 heterocycles. The van der Waals surface area contributed by atoms with Gasteiger partial charge in [0.2, 0.25) is 0 Å². The van der Waals surface area contributed by atoms with Crippen LogP contribution in [0.25, 0.3) is 0 Å². The highest BCUT2D eigenvalue weighted by Crippen LogP contribution is 2.13. The highest BCUT2D eigenvalue weighted by molar-refractivity contribution is 6.46. The molecule has 0 fully saturated rings. The van der Waals surface area contributed by atoms with E-state index in [1.54, 1.807) is 0 Å². The van der Waals surface area contributed by atoms with Crippen molar-refractivity contribution in [3.63, 3.8) is 0 Å². The molecule has 0 aliphatic carbocycles. The van der Waals surface area contributed by atoms with Gasteiger partial charge in [-0.05, 0) is 36.4 Å². The zero-order valence-corrected chi connectivity index (χ0v) is 9.69. The van der Waals surface area contributed by atoms with Crippen molar-refractivity contribution in [1.82, 2.24) is 0 Å². The molecule has 2 aromatic rings. The van der Waals surface area contributed by atoms with Crippen molar-refractivity contribution in [1.29, 1.82) is 0 Å². The molecule has 0 radical (unpaired) electrons. The summed E-state index contributed by atoms with van der Waals surface area (Å²) in [5.41, 5.74) is -0.0433. The summed E-state index contributed by atoms with van der Waals surface area (Å²) in [4.78, 5) is 23.3. The topological polar surface area (TPSA) is 46.2 Å². The van der Waals surface area contributed by atoms with Crippen LogP contribution >= 0.6 is 0 Å². The van der Waals surface area contributed by atoms with Crippen LogP contribution < -0.4 is 5.32 Å². The van der Waals surface area contributed by atoms with E-state index in [2.05, 4.69) is 5.32 Å². The van der Waals surface area contributed by atoms with E-state index >= 15 is 0 Å². The number of halogens is 2. The predicted molar refractivity (Wildman–Crippen MR) is 65.8 cm³/mol. The summed E-state index contributed by atoms with van der Waals surface area (Å²) >= 11 is 0. The van der Waals surface area contributed by atoms with E-state index < -0.39 is 23.3 Å². The number of carbonyl (C=O) groups excluding carboxylic acids is 2. The molecule has 96 valence electrons. The van der Waals surface area contributed by atoms with Crippen molar-refractivity contribution in [2.45, 2.75) is 0 Å². The van der Waals surface area contributed by atoms with E-state index in [-0.39, 0.29) is 11.3 Å². The molecule has 0 saturated carbocycles. The highest BCUT2D eigenvalue weighted by Gasteiger charge is 2.17. The van der Waals surface area contributed by atoms with Crippen molar-refractivity contribution in [3.8, 4) is 0 Å². The lowest BCUT2D eigenvalue weighted by Crippen LogP contribution is -2.23. The summed E-state index contributed by atoms with van der Waals surface area (Å²) in [5, 5.41) is 2.17. The Morgan fingerprint density at radius 1 is 0.895 bits per heavy atom. The molecule has 5 heteroatoms. The van der Waals surface area contributed by atoms with Crippen LogP contribution in [0.1, 0.15) is 10.4 Å². The van der Waals surface area contributed by atoms with Gasteiger partial charge >= 0.3 is 0 Å². The maximum Gasteiger partial charge on any atom is 0.296 e. The van der Waals surface area contributed by atoms with Gasteiger partial charge in [-0.3, -0.25) is 9.59 Å². The van der Waals surface area contributed by atoms with Gasteiger partial charge in [0.05, 0.1) is 5.69 Å². The Morgan fingerprint density at radius 3 is 2.16 bits per heavy atom. The first-order chi connectivity index (χ1) is 9.08. The minimum absolute atomic E-state index is 0.0373. The first-order valence-corrected chi connectivity index (χ1v) is 5.43. The second-order valence-corrected chi connectivity index (χ2v) is 3.77. The van der Waals surface area contributed by atoms with Crippen molar-refractivity contribution in [2.24, 2.45) is 0 Å². The number of ketones is 1. The van der Waals surface area contributed by atoms with Crippen molar-refractivity contribution in [2.75, 3.05) is 5.32 Å². The van der Waals surface area contributed by atoms with Crippen LogP contribution in [0.15, 0.2) is 48.5 Å². The standard InChI is InChI=1S/C14H9F2NO2/c15-10-7-5-9(6-8-10)13(18)14(19)17-12-4-2-1-3-11(12)16/h1-8H,(H,17,19). The van der Waals surface area contributed by atoms with Gasteiger partial charge in [0.25, 0.3) is 11.7 Å². The first-order valence-electron chi connectivity index (χ1n) is 5.43. The molecule has 0 unspecified atom stereocenters. The second kappa shape index (κ2) is 5.39. The minimum atomic E-state index is -0.975. The van der Waals surface area contributed by atoms with Gasteiger partial charge in [-0.15, -0.1) is 0 Å². The van der Waals surface area contributed by atoms with Crippen LogP contribution in [0.5, 0.6) is 0 Å². The lowest BCUT2D eigenvalue weighted by molar-refractivity contribution is -0.112. The fraction of sp³-hybridized carbons (Fsp3) is 0. The number of carbonyl (C=O) groups is 2. The largest absolute Gasteiger partial charge is 0.317 e. The maximum atomic E-state index is 13.3. The number of rotatable bonds is 3. The zero-order chi connectivity index (χ0) is 13.8. The summed E-state index contributed by atoms with van der Waals surface area (Å²) in [6.07, 6.45) is 0. The Hall–Kier alpha value is -2.56. The molecule has 0 spiro atoms. The van der Waals surface area contributed by atoms with Crippen molar-refractivity contribution >= 4 is 17.4 Å². The quantitative estimate of drug-likeness (QED) is 0.682. The van der Waals surface area contributed by atoms with E-state index in [9.17, 15) is 18.4 Å². The van der Waals surface area contributed by atoms with Gasteiger partial charge in [0.1, 0.15) is 11.6 Å². The fourth-order valence-electron chi connectivity index (χ4n) is 1.47. The Labute approximate surface area is 107 Å². The number of Topliss-reactive ketones (excluding diaryl/α,β-unsaturated/α-hetero) is 1. The molecule has 0 aromatic heterocycles. The van der Waals surface area contributed by atoms with Gasteiger partial charge in [0, 0.05) is 5.56 Å². The van der Waals surface area contributed by atoms with Gasteiger partial charge in [-0.1, -0.05) is 12.1 Å². The van der Waals surface area contributed by atoms with E-state index in [0.29, 0.717) is 0 Å². The zero-order valence-electron chi connectivity index (χ0n) is 9.69. The lowest BCUT2D eigenvalue weighted by atomic mass is 10.1. The molecule has 0 aliphatic rings. The molecular weight excluding hydrogens is 252 g/mol. The average molecular weight is 261 g/mol. The van der Waals surface area contributed by atoms with E-state index in [1.807, 2.05) is 0 Å². The number of para-hydroxylation sites is 1. The van der Waals surface area contributed by atoms with E-state index in [1.165, 1.54) is 30.3 Å². The second-order valence-electron chi connectivity index (χ2n) is 3.77. The number of hydrogen-bond donors (Lipinski definition) is 1. The van der Waals surface area contributed by atoms with Crippen LogP contribution in [0.3, 0.4) is 0 Å². The summed E-state index contributed by atoms with van der Waals surface area (Å²) < 4.78 is 26.0. The average Bonchev–Trinajstić information content (AvgIpc) is 2.41. The third kappa shape index (κ3) is 3.01. The molecule has 0 saturated heterocycles. The SMILES string of the molecule is O=C(Nc1ccccc1F)C(=O)c1ccc(F)cc1. The smallest absolute Gasteiger partial charge is 0.296 e. The molecule has 1 amide bonds. The maximum absolute atomic E-state index is 13.3. The fourth-order valence-corrected chi connectivity index (χ4v) is 1.47. The van der Waals surface area contributed by atoms with E-state index in [4.69, 9.17) is 0 Å². The third-order valence-corrected chi connectivity index (χ3v) is 2.43. The summed E-state index contributed by atoms with van der Waals surface area (Å²) in [7, 11) is 0. The number of benzene rings is 2. The Bertz CT molecular complexity index is 624. The molecule has 0 atom stereocenters. The van der Waals surface area contributed by atoms with Crippen molar-refractivity contribution < 1.29 is 18.4 Å². The molecule has 0 bridgehead atoms. The number of hydrogen-bond acceptors (Lipinski definition) is 2. The van der Waals surface area contributed by atoms with Crippen LogP contribution in [-0.2, 0) is 4.79 Å². The lowest BCUT2D eigenvalue weighted by Gasteiger charge is -2.05. The van der Waals surface area contributed by atoms with Crippen LogP contribution in [0.2, 0.25) is 0 Å². The Kier molecular flexibility index (Phi) is 3.66. The number of anilines is 1. The number of amides is 1. The van der Waals surface area contributed by atoms with E-state index in [0.717, 1.165) is 18.2 Å². The summed E-state index contributed by atoms with van der Waals surface area (Å²) in [6, 6.07) is 10.0. The molecule has 0 aliphatic heterocycles. The van der Waals surface area contributed by atoms with Gasteiger partial charge in [-0.25, -0.2) is 8.78 Å². The highest BCUT2D eigenvalue weighted by atomic mass is 19.1. The number of nitrogens with one attached hydrogen (secondary N) is 1. The van der Waals surface area contributed by atoms with Crippen LogP contribution in [0, 0.1) is 11.6 Å². The third-order valence-electron chi connectivity index (χ3n) is 2.43. The van der Waals surface area contributed by atoms with Gasteiger partial charge in [-0.2, -0.15) is 0 Å². The Morgan fingerprint density at radius 2 is 1.53 bits per heavy atom. The van der Waals surface area contributed by atoms with Gasteiger partial charge < -0.3 is 5.32 Å². The minimum Gasteiger partial charge on any atom is -0.317 e. The molecule has 2 rings (SSSR count). The van der Waals surface area contributed by atoms with Gasteiger partial charge in [0.15, 0.2) is 0 Å².